The summed E-state index contributed by atoms with van der Waals surface area (Å²) in [6.45, 7) is 2.27. The minimum absolute atomic E-state index is 0.320. The second-order valence-corrected chi connectivity index (χ2v) is 3.87. The molecule has 1 heteroatoms. The van der Waals surface area contributed by atoms with Gasteiger partial charge in [0, 0.05) is 0 Å². The number of epoxide rings is 1. The van der Waals surface area contributed by atoms with Crippen LogP contribution >= 0.6 is 0 Å². The maximum Gasteiger partial charge on any atom is 0.0920 e. The Balaban J connectivity index is 1.91. The quantitative estimate of drug-likeness (QED) is 0.471. The van der Waals surface area contributed by atoms with Gasteiger partial charge in [-0.3, -0.25) is 0 Å². The van der Waals surface area contributed by atoms with Crippen molar-refractivity contribution in [3.63, 3.8) is 0 Å². The van der Waals surface area contributed by atoms with Gasteiger partial charge in [-0.2, -0.15) is 0 Å². The Morgan fingerprint density at radius 3 is 2.90 bits per heavy atom. The third-order valence-electron chi connectivity index (χ3n) is 2.92. The van der Waals surface area contributed by atoms with Gasteiger partial charge < -0.3 is 4.74 Å². The summed E-state index contributed by atoms with van der Waals surface area (Å²) in [6, 6.07) is 0. The summed E-state index contributed by atoms with van der Waals surface area (Å²) in [5.41, 5.74) is 0.320. The number of rotatable bonds is 0. The van der Waals surface area contributed by atoms with Crippen molar-refractivity contribution in [1.82, 2.24) is 0 Å². The molecule has 58 valence electrons. The summed E-state index contributed by atoms with van der Waals surface area (Å²) in [4.78, 5) is 0. The minimum atomic E-state index is 0.320. The molecule has 1 aliphatic heterocycles. The smallest absolute Gasteiger partial charge is 0.0920 e. The van der Waals surface area contributed by atoms with Crippen molar-refractivity contribution < 1.29 is 4.74 Å². The van der Waals surface area contributed by atoms with E-state index in [1.807, 2.05) is 0 Å². The predicted octanol–water partition coefficient (Wildman–Crippen LogP) is 2.50. The Hall–Kier alpha value is -0.0400. The zero-order valence-corrected chi connectivity index (χ0v) is 6.73. The first kappa shape index (κ1) is 6.66. The van der Waals surface area contributed by atoms with Crippen molar-refractivity contribution in [3.8, 4) is 0 Å². The average Bonchev–Trinajstić information content (AvgIpc) is 2.44. The number of fused-ring (bicyclic) bond motifs is 1. The highest BCUT2D eigenvalue weighted by atomic mass is 16.6. The van der Waals surface area contributed by atoms with E-state index < -0.39 is 0 Å². The van der Waals surface area contributed by atoms with Crippen LogP contribution in [0, 0.1) is 0 Å². The second-order valence-electron chi connectivity index (χ2n) is 3.87. The molecule has 2 fully saturated rings. The number of hydrogen-bond acceptors (Lipinski definition) is 1. The fourth-order valence-electron chi connectivity index (χ4n) is 2.03. The van der Waals surface area contributed by atoms with E-state index in [2.05, 4.69) is 6.92 Å². The van der Waals surface area contributed by atoms with E-state index in [1.165, 1.54) is 38.5 Å². The Kier molecular flexibility index (Phi) is 1.48. The molecule has 2 atom stereocenters. The van der Waals surface area contributed by atoms with E-state index in [1.54, 1.807) is 0 Å². The van der Waals surface area contributed by atoms with E-state index >= 15 is 0 Å². The third-order valence-corrected chi connectivity index (χ3v) is 2.92. The largest absolute Gasteiger partial charge is 0.366 e. The maximum atomic E-state index is 5.63. The van der Waals surface area contributed by atoms with Crippen LogP contribution in [0.4, 0.5) is 0 Å². The van der Waals surface area contributed by atoms with Gasteiger partial charge in [0.25, 0.3) is 0 Å². The molecule has 10 heavy (non-hydrogen) atoms. The summed E-state index contributed by atoms with van der Waals surface area (Å²) in [7, 11) is 0. The Morgan fingerprint density at radius 1 is 1.20 bits per heavy atom. The minimum Gasteiger partial charge on any atom is -0.366 e. The van der Waals surface area contributed by atoms with Gasteiger partial charge in [0.2, 0.25) is 0 Å². The third kappa shape index (κ3) is 1.07. The van der Waals surface area contributed by atoms with Crippen molar-refractivity contribution in [1.29, 1.82) is 0 Å². The van der Waals surface area contributed by atoms with Crippen molar-refractivity contribution in [2.24, 2.45) is 0 Å². The molecular weight excluding hydrogens is 124 g/mol. The summed E-state index contributed by atoms with van der Waals surface area (Å²) in [5, 5.41) is 0. The molecule has 0 bridgehead atoms. The van der Waals surface area contributed by atoms with Crippen LogP contribution in [0.15, 0.2) is 0 Å². The van der Waals surface area contributed by atoms with Gasteiger partial charge in [-0.1, -0.05) is 25.7 Å². The standard InChI is InChI=1S/C9H16O/c1-9-7-5-3-2-4-6-8(9)10-9/h8H,2-7H2,1H3/t8-,9+/m1/s1. The molecular formula is C9H16O. The molecule has 0 amide bonds. The SMILES string of the molecule is C[C@]12CCCCCC[C@H]1O2. The van der Waals surface area contributed by atoms with Crippen LogP contribution in [-0.2, 0) is 4.74 Å². The highest BCUT2D eigenvalue weighted by Gasteiger charge is 2.50. The predicted molar refractivity (Wildman–Crippen MR) is 41.0 cm³/mol. The maximum absolute atomic E-state index is 5.63. The van der Waals surface area contributed by atoms with Gasteiger partial charge in [-0.05, 0) is 19.8 Å². The van der Waals surface area contributed by atoms with Crippen LogP contribution in [0.3, 0.4) is 0 Å². The van der Waals surface area contributed by atoms with Crippen LogP contribution in [0.25, 0.3) is 0 Å². The Bertz CT molecular complexity index is 133. The Labute approximate surface area is 62.8 Å². The molecule has 1 saturated carbocycles. The molecule has 0 radical (unpaired) electrons. The zero-order valence-electron chi connectivity index (χ0n) is 6.73. The fourth-order valence-corrected chi connectivity index (χ4v) is 2.03. The number of ether oxygens (including phenoxy) is 1. The van der Waals surface area contributed by atoms with Crippen LogP contribution in [-0.4, -0.2) is 11.7 Å². The van der Waals surface area contributed by atoms with Gasteiger partial charge >= 0.3 is 0 Å². The lowest BCUT2D eigenvalue weighted by Gasteiger charge is -2.09. The molecule has 0 N–H and O–H groups in total. The molecule has 0 aromatic heterocycles. The van der Waals surface area contributed by atoms with Crippen LogP contribution in [0.5, 0.6) is 0 Å². The molecule has 1 saturated heterocycles. The summed E-state index contributed by atoms with van der Waals surface area (Å²) >= 11 is 0. The first-order valence-corrected chi connectivity index (χ1v) is 4.49. The van der Waals surface area contributed by atoms with Gasteiger partial charge in [-0.25, -0.2) is 0 Å². The first-order valence-electron chi connectivity index (χ1n) is 4.49. The molecule has 0 aromatic rings. The van der Waals surface area contributed by atoms with E-state index in [-0.39, 0.29) is 0 Å². The van der Waals surface area contributed by atoms with Crippen molar-refractivity contribution in [3.05, 3.63) is 0 Å². The Morgan fingerprint density at radius 2 is 2.00 bits per heavy atom. The molecule has 0 aromatic carbocycles. The van der Waals surface area contributed by atoms with Gasteiger partial charge in [0.1, 0.15) is 0 Å². The molecule has 1 heterocycles. The van der Waals surface area contributed by atoms with Gasteiger partial charge in [-0.15, -0.1) is 0 Å². The topological polar surface area (TPSA) is 12.5 Å². The molecule has 1 aliphatic carbocycles. The summed E-state index contributed by atoms with van der Waals surface area (Å²) in [6.07, 6.45) is 8.87. The van der Waals surface area contributed by atoms with Crippen molar-refractivity contribution in [2.45, 2.75) is 57.2 Å². The average molecular weight is 140 g/mol. The van der Waals surface area contributed by atoms with E-state index in [4.69, 9.17) is 4.74 Å². The zero-order chi connectivity index (χ0) is 7.03. The van der Waals surface area contributed by atoms with Crippen molar-refractivity contribution >= 4 is 0 Å². The second kappa shape index (κ2) is 2.23. The lowest BCUT2D eigenvalue weighted by Crippen LogP contribution is -2.11. The lowest BCUT2D eigenvalue weighted by atomic mass is 9.93. The summed E-state index contributed by atoms with van der Waals surface area (Å²) < 4.78 is 5.63. The van der Waals surface area contributed by atoms with Crippen LogP contribution in [0.1, 0.15) is 45.4 Å². The van der Waals surface area contributed by atoms with Crippen LogP contribution in [0.2, 0.25) is 0 Å². The molecule has 2 rings (SSSR count). The lowest BCUT2D eigenvalue weighted by molar-refractivity contribution is 0.293. The van der Waals surface area contributed by atoms with Gasteiger partial charge in [0.15, 0.2) is 0 Å². The molecule has 0 spiro atoms. The molecule has 2 aliphatic rings. The number of hydrogen-bond donors (Lipinski definition) is 0. The van der Waals surface area contributed by atoms with E-state index in [0.717, 1.165) is 0 Å². The molecule has 0 unspecified atom stereocenters. The highest BCUT2D eigenvalue weighted by Crippen LogP contribution is 2.44. The van der Waals surface area contributed by atoms with E-state index in [0.29, 0.717) is 11.7 Å². The molecule has 1 nitrogen and oxygen atoms in total. The van der Waals surface area contributed by atoms with E-state index in [9.17, 15) is 0 Å². The fraction of sp³-hybridized carbons (Fsp3) is 1.00. The van der Waals surface area contributed by atoms with Gasteiger partial charge in [0.05, 0.1) is 11.7 Å². The monoisotopic (exact) mass is 140 g/mol. The normalized spacial score (nSPS) is 47.1. The van der Waals surface area contributed by atoms with Crippen molar-refractivity contribution in [2.75, 3.05) is 0 Å². The first-order chi connectivity index (χ1) is 4.81. The summed E-state index contributed by atoms with van der Waals surface area (Å²) in [5.74, 6) is 0. The van der Waals surface area contributed by atoms with Crippen LogP contribution < -0.4 is 0 Å². The highest BCUT2D eigenvalue weighted by molar-refractivity contribution is 4.99.